The molecule has 73 heavy (non-hydrogen) atoms. The number of carbonyl (C=O) groups excluding carboxylic acids is 3. The highest BCUT2D eigenvalue weighted by Crippen LogP contribution is 2.60. The molecule has 3 rings (SSSR count). The zero-order chi connectivity index (χ0) is 53.7. The number of rotatable bonds is 25. The van der Waals surface area contributed by atoms with E-state index in [-0.39, 0.29) is 31.5 Å². The number of fused-ring (bicyclic) bond motifs is 3. The Kier molecular flexibility index (Phi) is 31.2. The number of anilines is 1. The maximum absolute atomic E-state index is 14.3. The van der Waals surface area contributed by atoms with Gasteiger partial charge in [-0.3, -0.25) is 28.0 Å². The molecule has 1 aromatic heterocycles. The lowest BCUT2D eigenvalue weighted by atomic mass is 9.83. The molecule has 1 aromatic rings. The molecule has 2 fully saturated rings. The summed E-state index contributed by atoms with van der Waals surface area (Å²) >= 11 is 0. The number of aromatic nitrogens is 2. The van der Waals surface area contributed by atoms with E-state index in [1.807, 2.05) is 6.92 Å². The molecular formula is C50H87N3O18P2. The predicted molar refractivity (Wildman–Crippen MR) is 271 cm³/mol. The first kappa shape index (κ1) is 64.4. The van der Waals surface area contributed by atoms with Crippen LogP contribution in [0.25, 0.3) is 0 Å². The van der Waals surface area contributed by atoms with Gasteiger partial charge in [-0.2, -0.15) is 9.29 Å². The van der Waals surface area contributed by atoms with Crippen molar-refractivity contribution in [2.24, 2.45) is 11.8 Å². The summed E-state index contributed by atoms with van der Waals surface area (Å²) in [4.78, 5) is 78.4. The van der Waals surface area contributed by atoms with Gasteiger partial charge in [0.2, 0.25) is 0 Å². The zero-order valence-corrected chi connectivity index (χ0v) is 45.0. The van der Waals surface area contributed by atoms with Gasteiger partial charge in [0.1, 0.15) is 36.6 Å². The normalized spacial score (nSPS) is 29.2. The van der Waals surface area contributed by atoms with Crippen LogP contribution >= 0.6 is 15.6 Å². The van der Waals surface area contributed by atoms with E-state index in [2.05, 4.69) is 16.2 Å². The number of Topliss-reactive ketones (excluding diaryl/α,β-unsaturated/α-hetero) is 1. The lowest BCUT2D eigenvalue weighted by Gasteiger charge is -2.38. The molecule has 23 heteroatoms. The first-order valence-electron chi connectivity index (χ1n) is 26.8. The fourth-order valence-electron chi connectivity index (χ4n) is 8.97. The van der Waals surface area contributed by atoms with E-state index >= 15 is 0 Å². The van der Waals surface area contributed by atoms with Crippen LogP contribution < -0.4 is 11.4 Å². The Bertz CT molecular complexity index is 1940. The summed E-state index contributed by atoms with van der Waals surface area (Å²) < 4.78 is 58.9. The number of cyclic esters (lactones) is 1. The molecule has 8 N–H and O–H groups in total. The Morgan fingerprint density at radius 1 is 0.822 bits per heavy atom. The highest BCUT2D eigenvalue weighted by Gasteiger charge is 2.45. The molecule has 11 atom stereocenters. The van der Waals surface area contributed by atoms with Crippen molar-refractivity contribution in [3.8, 4) is 0 Å². The molecule has 2 saturated heterocycles. The number of phosphoric ester groups is 2. The number of aliphatic hydroxyl groups is 4. The van der Waals surface area contributed by atoms with Gasteiger partial charge in [0.05, 0.1) is 37.4 Å². The Balaban J connectivity index is 1.74. The number of nitrogens with zero attached hydrogens (tertiary/aromatic N) is 2. The van der Waals surface area contributed by atoms with Gasteiger partial charge in [-0.05, 0) is 31.7 Å². The number of aliphatic hydroxyl groups excluding tert-OH is 4. The Hall–Kier alpha value is -2.91. The summed E-state index contributed by atoms with van der Waals surface area (Å²) in [5.74, 6) is -4.90. The lowest BCUT2D eigenvalue weighted by molar-refractivity contribution is -0.184. The minimum Gasteiger partial charge on any atom is -0.462 e. The third-order valence-corrected chi connectivity index (χ3v) is 15.8. The van der Waals surface area contributed by atoms with Gasteiger partial charge in [0, 0.05) is 31.4 Å². The topological polar surface area (TPSA) is 323 Å². The summed E-state index contributed by atoms with van der Waals surface area (Å²) in [5.41, 5.74) is 4.76. The highest BCUT2D eigenvalue weighted by atomic mass is 31.3. The van der Waals surface area contributed by atoms with E-state index in [4.69, 9.17) is 29.0 Å². The van der Waals surface area contributed by atoms with Crippen LogP contribution in [0, 0.1) is 11.8 Å². The van der Waals surface area contributed by atoms with Crippen LogP contribution in [-0.2, 0) is 51.1 Å². The molecule has 420 valence electrons. The van der Waals surface area contributed by atoms with Crippen molar-refractivity contribution in [2.75, 3.05) is 25.6 Å². The van der Waals surface area contributed by atoms with Crippen LogP contribution in [0.1, 0.15) is 193 Å². The average Bonchev–Trinajstić information content (AvgIpc) is 3.33. The van der Waals surface area contributed by atoms with Crippen molar-refractivity contribution in [1.82, 2.24) is 9.55 Å². The summed E-state index contributed by atoms with van der Waals surface area (Å²) in [5, 5.41) is 45.5. The second-order valence-electron chi connectivity index (χ2n) is 19.5. The number of carbonyl (C=O) groups is 3. The van der Waals surface area contributed by atoms with Crippen molar-refractivity contribution in [1.29, 1.82) is 0 Å². The van der Waals surface area contributed by atoms with E-state index in [0.717, 1.165) is 43.1 Å². The maximum Gasteiger partial charge on any atom is 0.481 e. The van der Waals surface area contributed by atoms with Crippen LogP contribution in [0.2, 0.25) is 0 Å². The number of hydrogen-bond donors (Lipinski definition) is 7. The summed E-state index contributed by atoms with van der Waals surface area (Å²) in [6, 6.07) is 1.23. The number of esters is 2. The lowest BCUT2D eigenvalue weighted by Crippen LogP contribution is -2.51. The summed E-state index contributed by atoms with van der Waals surface area (Å²) in [6.07, 6.45) is 12.8. The van der Waals surface area contributed by atoms with Crippen LogP contribution in [0.5, 0.6) is 0 Å². The molecule has 0 aliphatic carbocycles. The Morgan fingerprint density at radius 3 is 2.01 bits per heavy atom. The fraction of sp³-hybridized carbons (Fsp3) is 0.820. The molecule has 2 unspecified atom stereocenters. The summed E-state index contributed by atoms with van der Waals surface area (Å²) in [6.45, 7) is 1.52. The van der Waals surface area contributed by atoms with Crippen LogP contribution in [-0.4, -0.2) is 114 Å². The molecule has 0 saturated carbocycles. The molecule has 0 spiro atoms. The van der Waals surface area contributed by atoms with E-state index in [0.29, 0.717) is 38.5 Å². The molecule has 2 aliphatic heterocycles. The molecule has 0 radical (unpaired) electrons. The second kappa shape index (κ2) is 35.4. The Labute approximate surface area is 431 Å². The van der Waals surface area contributed by atoms with Crippen molar-refractivity contribution in [3.05, 3.63) is 34.9 Å². The fourth-order valence-corrected chi connectivity index (χ4v) is 11.1. The van der Waals surface area contributed by atoms with Crippen LogP contribution in [0.4, 0.5) is 5.82 Å². The van der Waals surface area contributed by atoms with Gasteiger partial charge in [0.15, 0.2) is 6.10 Å². The first-order valence-corrected chi connectivity index (χ1v) is 29.8. The van der Waals surface area contributed by atoms with Crippen molar-refractivity contribution < 1.29 is 81.3 Å². The van der Waals surface area contributed by atoms with Crippen molar-refractivity contribution >= 4 is 39.2 Å². The number of nitrogen functional groups attached to an aromatic ring is 1. The number of hydrogen-bond acceptors (Lipinski definition) is 18. The highest BCUT2D eigenvalue weighted by molar-refractivity contribution is 7.61. The van der Waals surface area contributed by atoms with Crippen molar-refractivity contribution in [3.63, 3.8) is 0 Å². The van der Waals surface area contributed by atoms with Gasteiger partial charge >= 0.3 is 33.3 Å². The number of phosphoric acid groups is 2. The molecule has 2 bridgehead atoms. The smallest absolute Gasteiger partial charge is 0.462 e. The SMILES string of the molecule is CCCCCCCCCCCCCCCCCC(=O)OC[C@@H]1COP(=O)(O)OP(=O)(O)OC[C@H]2O[C@@H](n3ccc(N)nc3=O)[C@@H](CCCCCCC(=O)O1)C(=O)C[C@@H](O)[C@H](/C=C\[C@@H](O)CCCCC)[C@H](O)[C@@H]2O. The predicted octanol–water partition coefficient (Wildman–Crippen LogP) is 7.82. The third kappa shape index (κ3) is 26.1. The van der Waals surface area contributed by atoms with Gasteiger partial charge in [0.25, 0.3) is 0 Å². The zero-order valence-electron chi connectivity index (χ0n) is 43.2. The van der Waals surface area contributed by atoms with E-state index in [1.54, 1.807) is 0 Å². The van der Waals surface area contributed by atoms with E-state index in [1.165, 1.54) is 88.6 Å². The minimum absolute atomic E-state index is 0.000162. The molecule has 21 nitrogen and oxygen atoms in total. The van der Waals surface area contributed by atoms with Crippen molar-refractivity contribution in [2.45, 2.75) is 230 Å². The van der Waals surface area contributed by atoms with Crippen LogP contribution in [0.3, 0.4) is 0 Å². The number of unbranched alkanes of at least 4 members (excludes halogenated alkanes) is 16. The number of ether oxygens (including phenoxy) is 3. The molecule has 3 heterocycles. The monoisotopic (exact) mass is 1080 g/mol. The second-order valence-corrected chi connectivity index (χ2v) is 22.6. The largest absolute Gasteiger partial charge is 0.481 e. The first-order chi connectivity index (χ1) is 34.9. The van der Waals surface area contributed by atoms with Crippen LogP contribution in [0.15, 0.2) is 29.2 Å². The molecular weight excluding hydrogens is 993 g/mol. The average molecular weight is 1080 g/mol. The maximum atomic E-state index is 14.3. The standard InChI is InChI=1S/C50H87N3O18P2/c1-3-5-7-8-9-10-11-12-13-14-15-16-17-18-23-27-45(57)66-34-38-35-67-72(62,63)71-73(64,65)68-36-43-48(60)47(59)39(30-29-37(54)25-21-6-4-2)41(55)33-42(56)40(26-22-19-20-24-28-46(58)69-38)49(70-43)53-32-31-44(51)52-50(53)61/h29-32,37-41,43,47-49,54-55,59-60H,3-28,33-36H2,1-2H3,(H,62,63)(H,64,65)(H2,51,52,61)/b30-29-/t37-,38+,39-,40-,41+,43+,47-,48+,49+/m0/s1. The number of nitrogens with two attached hydrogens (primary N) is 1. The third-order valence-electron chi connectivity index (χ3n) is 13.2. The van der Waals surface area contributed by atoms with E-state index in [9.17, 15) is 58.5 Å². The minimum atomic E-state index is -5.71. The Morgan fingerprint density at radius 2 is 1.40 bits per heavy atom. The summed E-state index contributed by atoms with van der Waals surface area (Å²) in [7, 11) is -11.3. The van der Waals surface area contributed by atoms with Gasteiger partial charge in [-0.1, -0.05) is 154 Å². The molecule has 0 amide bonds. The van der Waals surface area contributed by atoms with Gasteiger partial charge < -0.3 is 50.2 Å². The number of ketones is 1. The van der Waals surface area contributed by atoms with E-state index < -0.39 is 120 Å². The molecule has 0 aromatic carbocycles. The quantitative estimate of drug-likeness (QED) is 0.0212. The van der Waals surface area contributed by atoms with Gasteiger partial charge in [-0.15, -0.1) is 0 Å². The molecule has 2 aliphatic rings. The van der Waals surface area contributed by atoms with Gasteiger partial charge in [-0.25, -0.2) is 13.9 Å².